The van der Waals surface area contributed by atoms with E-state index in [0.717, 1.165) is 29.3 Å². The summed E-state index contributed by atoms with van der Waals surface area (Å²) in [6.07, 6.45) is 25.2. The number of para-hydroxylation sites is 2. The van der Waals surface area contributed by atoms with Crippen molar-refractivity contribution in [2.24, 2.45) is 0 Å². The summed E-state index contributed by atoms with van der Waals surface area (Å²) in [6.45, 7) is 0. The van der Waals surface area contributed by atoms with Crippen molar-refractivity contribution >= 4 is 80.1 Å². The number of amides is 2. The number of carbonyl (C=O) groups is 8. The van der Waals surface area contributed by atoms with Gasteiger partial charge in [0.1, 0.15) is 23.5 Å². The van der Waals surface area contributed by atoms with Crippen LogP contribution in [0.25, 0.3) is 21.8 Å². The minimum atomic E-state index is -1.34. The molecule has 0 saturated heterocycles. The number of hydrogen-bond donors (Lipinski definition) is 3. The number of nitrogens with two attached hydrogens (primary N) is 1. The molecular formula is C70H64Fe2N6O11. The molecule has 2 amide bonds. The maximum absolute atomic E-state index is 13.4. The standard InChI is InChI=1S/C30H21N3O5.C19H8N2O6.C11H15N.2C5H10.2Fe/c34-25-19-13-21-22(30(38)33(29(21)37)17-11-9-16(10-12-17)15-5-1-2-6-15)14-20(19)26(35)24(25)27-31-23-8-4-3-7-18(23)28(36)32-27;22-14-8-5-10-11(19(26)27-18(10)25)6-9(8)15(23)13(14)16-20-12-4-2-1-3-7(12)17(24)21-16;12-11-7-5-10(6-8-11)9-3-1-2-4-9;2*1-2-4-5-3-1;;/h3-4,7-15,24H,1-2,5-6H2,(H,31,32,36);1-6,13H,(H,20,21,24);5-9H,1-4,12H2;2*1-5H2;;. The summed E-state index contributed by atoms with van der Waals surface area (Å²) in [7, 11) is 0. The first-order chi connectivity index (χ1) is 42.2. The minimum absolute atomic E-state index is 0. The molecule has 4 fully saturated rings. The number of rotatable bonds is 5. The van der Waals surface area contributed by atoms with Crippen LogP contribution in [0, 0.1) is 0 Å². The van der Waals surface area contributed by atoms with Crippen LogP contribution in [0.3, 0.4) is 0 Å². The number of H-pyrrole nitrogens is 2. The summed E-state index contributed by atoms with van der Waals surface area (Å²) in [4.78, 5) is 142. The third-order valence-corrected chi connectivity index (χ3v) is 18.0. The predicted octanol–water partition coefficient (Wildman–Crippen LogP) is 12.8. The van der Waals surface area contributed by atoms with Crippen LogP contribution in [0.1, 0.15) is 245 Å². The van der Waals surface area contributed by atoms with Crippen LogP contribution < -0.4 is 21.8 Å². The quantitative estimate of drug-likeness (QED) is 0.0476. The summed E-state index contributed by atoms with van der Waals surface area (Å²) in [5.41, 5.74) is 9.58. The Balaban J connectivity index is 0.000000147. The average molecular weight is 1280 g/mol. The molecule has 0 unspecified atom stereocenters. The van der Waals surface area contributed by atoms with E-state index in [-0.39, 0.29) is 90.3 Å². The Morgan fingerprint density at radius 3 is 1.08 bits per heavy atom. The molecule has 8 aromatic rings. The number of ketones is 4. The molecule has 8 aliphatic rings. The van der Waals surface area contributed by atoms with E-state index in [4.69, 9.17) is 5.73 Å². The number of hydrogen-bond acceptors (Lipinski definition) is 14. The number of nitrogen functional groups attached to an aromatic ring is 1. The summed E-state index contributed by atoms with van der Waals surface area (Å²) >= 11 is 0. The molecule has 4 N–H and O–H groups in total. The van der Waals surface area contributed by atoms with Crippen molar-refractivity contribution in [1.82, 2.24) is 19.9 Å². The molecule has 4 saturated carbocycles. The maximum Gasteiger partial charge on any atom is 0.346 e. The zero-order valence-corrected chi connectivity index (χ0v) is 50.9. The zero-order chi connectivity index (χ0) is 60.5. The number of aromatic nitrogens is 4. The Morgan fingerprint density at radius 2 is 0.719 bits per heavy atom. The second-order valence-corrected chi connectivity index (χ2v) is 23.5. The van der Waals surface area contributed by atoms with Crippen LogP contribution >= 0.6 is 0 Å². The smallest absolute Gasteiger partial charge is 0.346 e. The van der Waals surface area contributed by atoms with Gasteiger partial charge in [-0.3, -0.25) is 38.4 Å². The number of fused-ring (bicyclic) bond motifs is 6. The van der Waals surface area contributed by atoms with Crippen LogP contribution in [-0.2, 0) is 38.9 Å². The van der Waals surface area contributed by atoms with E-state index in [1.165, 1.54) is 138 Å². The monoisotopic (exact) mass is 1280 g/mol. The summed E-state index contributed by atoms with van der Waals surface area (Å²) in [5, 5.41) is 0.683. The molecule has 6 aliphatic carbocycles. The van der Waals surface area contributed by atoms with Gasteiger partial charge in [0.2, 0.25) is 0 Å². The molecule has 0 bridgehead atoms. The van der Waals surface area contributed by atoms with E-state index in [1.807, 2.05) is 24.3 Å². The van der Waals surface area contributed by atoms with Crippen LogP contribution in [0.15, 0.2) is 131 Å². The number of benzene rings is 6. The molecule has 0 radical (unpaired) electrons. The van der Waals surface area contributed by atoms with Gasteiger partial charge in [-0.25, -0.2) is 24.5 Å². The molecule has 456 valence electrons. The van der Waals surface area contributed by atoms with Gasteiger partial charge in [-0.2, -0.15) is 0 Å². The van der Waals surface area contributed by atoms with Crippen LogP contribution in [0.5, 0.6) is 0 Å². The average Bonchev–Trinajstić information content (AvgIpc) is 2.13. The van der Waals surface area contributed by atoms with Gasteiger partial charge in [0.05, 0.1) is 49.7 Å². The van der Waals surface area contributed by atoms with Crippen molar-refractivity contribution in [1.29, 1.82) is 0 Å². The number of carbonyl (C=O) groups excluding carboxylic acids is 8. The molecule has 2 aromatic heterocycles. The number of esters is 2. The van der Waals surface area contributed by atoms with Gasteiger partial charge in [-0.05, 0) is 121 Å². The van der Waals surface area contributed by atoms with Crippen molar-refractivity contribution in [3.8, 4) is 0 Å². The van der Waals surface area contributed by atoms with Gasteiger partial charge in [-0.15, -0.1) is 0 Å². The Bertz CT molecular complexity index is 4120. The van der Waals surface area contributed by atoms with E-state index in [2.05, 4.69) is 36.8 Å². The number of nitrogens with one attached hydrogen (secondary N) is 2. The fraction of sp³-hybridized carbons (Fsp3) is 0.314. The van der Waals surface area contributed by atoms with Gasteiger partial charge >= 0.3 is 11.9 Å². The first-order valence-electron chi connectivity index (χ1n) is 30.4. The first-order valence-corrected chi connectivity index (χ1v) is 30.4. The van der Waals surface area contributed by atoms with Crippen molar-refractivity contribution in [3.05, 3.63) is 209 Å². The van der Waals surface area contributed by atoms with Crippen molar-refractivity contribution < 1.29 is 77.2 Å². The maximum atomic E-state index is 13.4. The SMILES string of the molecule is C1CCCC1.C1CCCC1.Nc1ccc(C2CCCC2)cc1.O=C1OC(=O)c2cc3c(cc21)C(=O)C(c1nc2ccccc2c(=O)[nH]1)C3=O.O=C1c2cc3c(cc2C(=O)C1c1nc2ccccc2c(=O)[nH]1)C(=O)N(c1ccc(C2CCCC2)cc1)C3=O.[Fe].[Fe]. The Labute approximate surface area is 533 Å². The van der Waals surface area contributed by atoms with Crippen molar-refractivity contribution in [2.45, 2.75) is 139 Å². The topological polar surface area (TPSA) is 267 Å². The number of cyclic esters (lactones) is 2. The molecule has 6 aromatic carbocycles. The van der Waals surface area contributed by atoms with Gasteiger partial charge in [0.15, 0.2) is 23.1 Å². The fourth-order valence-electron chi connectivity index (χ4n) is 13.3. The second kappa shape index (κ2) is 27.4. The number of ether oxygens (including phenoxy) is 1. The largest absolute Gasteiger partial charge is 0.399 e. The third kappa shape index (κ3) is 12.7. The van der Waals surface area contributed by atoms with Crippen molar-refractivity contribution in [3.63, 3.8) is 0 Å². The van der Waals surface area contributed by atoms with E-state index in [0.29, 0.717) is 33.4 Å². The van der Waals surface area contributed by atoms with Crippen LogP contribution in [0.4, 0.5) is 11.4 Å². The van der Waals surface area contributed by atoms with E-state index < -0.39 is 69.8 Å². The molecule has 2 aliphatic heterocycles. The van der Waals surface area contributed by atoms with Gasteiger partial charge in [-0.1, -0.05) is 138 Å². The fourth-order valence-corrected chi connectivity index (χ4v) is 13.3. The molecule has 19 heteroatoms. The summed E-state index contributed by atoms with van der Waals surface area (Å²) in [6, 6.07) is 34.1. The normalized spacial score (nSPS) is 17.6. The summed E-state index contributed by atoms with van der Waals surface area (Å²) in [5.74, 6) is -6.59. The number of anilines is 2. The van der Waals surface area contributed by atoms with Crippen LogP contribution in [-0.4, -0.2) is 66.8 Å². The summed E-state index contributed by atoms with van der Waals surface area (Å²) < 4.78 is 4.50. The van der Waals surface area contributed by atoms with Crippen molar-refractivity contribution in [2.75, 3.05) is 10.6 Å². The van der Waals surface area contributed by atoms with E-state index in [1.54, 1.807) is 60.7 Å². The zero-order valence-electron chi connectivity index (χ0n) is 48.7. The number of imide groups is 1. The first kappa shape index (κ1) is 63.4. The minimum Gasteiger partial charge on any atom is -0.399 e. The molecule has 4 heterocycles. The molecule has 89 heavy (non-hydrogen) atoms. The number of nitrogens with zero attached hydrogens (tertiary/aromatic N) is 3. The van der Waals surface area contributed by atoms with Crippen LogP contribution in [0.2, 0.25) is 0 Å². The van der Waals surface area contributed by atoms with Gasteiger partial charge < -0.3 is 20.4 Å². The molecular weight excluding hydrogens is 1210 g/mol. The van der Waals surface area contributed by atoms with E-state index >= 15 is 0 Å². The molecule has 16 rings (SSSR count). The van der Waals surface area contributed by atoms with E-state index in [9.17, 15) is 47.9 Å². The Morgan fingerprint density at radius 1 is 0.393 bits per heavy atom. The molecule has 17 nitrogen and oxygen atoms in total. The third-order valence-electron chi connectivity index (χ3n) is 18.0. The van der Waals surface area contributed by atoms with Gasteiger partial charge in [0, 0.05) is 62.1 Å². The molecule has 0 atom stereocenters. The molecule has 0 spiro atoms. The second-order valence-electron chi connectivity index (χ2n) is 23.5. The number of aromatic amines is 2. The Kier molecular flexibility index (Phi) is 19.5. The Hall–Kier alpha value is -8.60. The number of Topliss-reactive ketones (excluding diaryl/α,β-unsaturated/α-hetero) is 4. The predicted molar refractivity (Wildman–Crippen MR) is 327 cm³/mol. The van der Waals surface area contributed by atoms with Gasteiger partial charge in [0.25, 0.3) is 22.9 Å².